The van der Waals surface area contributed by atoms with Crippen molar-refractivity contribution in [1.29, 1.82) is 0 Å². The topological polar surface area (TPSA) is 193 Å². The van der Waals surface area contributed by atoms with Gasteiger partial charge in [-0.2, -0.15) is 0 Å². The number of carbonyl (C=O) groups is 6. The van der Waals surface area contributed by atoms with E-state index in [9.17, 15) is 33.9 Å². The van der Waals surface area contributed by atoms with Crippen LogP contribution < -0.4 is 0 Å². The Bertz CT molecular complexity index is 569. The van der Waals surface area contributed by atoms with Crippen LogP contribution in [0.4, 0.5) is 0 Å². The lowest BCUT2D eigenvalue weighted by Gasteiger charge is -2.20. The second kappa shape index (κ2) is 8.93. The van der Waals surface area contributed by atoms with Gasteiger partial charge in [-0.15, -0.1) is 11.6 Å². The molecule has 0 rings (SSSR count). The fourth-order valence-electron chi connectivity index (χ4n) is 1.52. The average molecular weight is 369 g/mol. The van der Waals surface area contributed by atoms with Gasteiger partial charge in [0.1, 0.15) is 5.92 Å². The molecule has 0 heterocycles. The van der Waals surface area contributed by atoms with Crippen LogP contribution in [0.3, 0.4) is 0 Å². The maximum atomic E-state index is 11.6. The van der Waals surface area contributed by atoms with Crippen LogP contribution in [-0.2, 0) is 33.5 Å². The van der Waals surface area contributed by atoms with Crippen molar-refractivity contribution < 1.29 is 53.9 Å². The van der Waals surface area contributed by atoms with E-state index in [1.165, 1.54) is 0 Å². The summed E-state index contributed by atoms with van der Waals surface area (Å²) in [6, 6.07) is 0. The van der Waals surface area contributed by atoms with E-state index in [4.69, 9.17) is 26.9 Å². The van der Waals surface area contributed by atoms with E-state index < -0.39 is 72.3 Å². The number of carboxylic acid groups (broad SMARTS) is 3. The van der Waals surface area contributed by atoms with Gasteiger partial charge < -0.3 is 25.2 Å². The smallest absolute Gasteiger partial charge is 0.336 e. The predicted molar refractivity (Wildman–Crippen MR) is 72.0 cm³/mol. The van der Waals surface area contributed by atoms with Gasteiger partial charge in [0, 0.05) is 0 Å². The summed E-state index contributed by atoms with van der Waals surface area (Å²) in [6.45, 7) is 0. The zero-order chi connectivity index (χ0) is 19.1. The molecule has 24 heavy (non-hydrogen) atoms. The maximum absolute atomic E-state index is 11.6. The number of Topliss-reactive ketones (excluding diaryl/α,β-unsaturated/α-hetero) is 1. The summed E-state index contributed by atoms with van der Waals surface area (Å²) in [5, 5.41) is 35.5. The highest BCUT2D eigenvalue weighted by Gasteiger charge is 2.42. The minimum atomic E-state index is -3.04. The third kappa shape index (κ3) is 6.71. The normalized spacial score (nSPS) is 14.1. The molecular formula is C12H13ClO11. The molecule has 0 saturated heterocycles. The molecule has 0 fully saturated rings. The molecule has 0 aliphatic carbocycles. The van der Waals surface area contributed by atoms with E-state index >= 15 is 0 Å². The summed E-state index contributed by atoms with van der Waals surface area (Å²) < 4.78 is 4.13. The second-order valence-corrected chi connectivity index (χ2v) is 4.89. The number of halogens is 1. The van der Waals surface area contributed by atoms with Gasteiger partial charge in [-0.3, -0.25) is 24.0 Å². The lowest BCUT2D eigenvalue weighted by Crippen LogP contribution is -2.43. The molecule has 12 heteroatoms. The summed E-state index contributed by atoms with van der Waals surface area (Å²) in [6.07, 6.45) is -3.78. The summed E-state index contributed by atoms with van der Waals surface area (Å²) >= 11 is 5.20. The van der Waals surface area contributed by atoms with E-state index in [1.54, 1.807) is 0 Å². The summed E-state index contributed by atoms with van der Waals surface area (Å²) in [4.78, 5) is 66.5. The highest BCUT2D eigenvalue weighted by Crippen LogP contribution is 2.18. The molecule has 0 aliphatic heterocycles. The van der Waals surface area contributed by atoms with Gasteiger partial charge in [-0.1, -0.05) is 0 Å². The number of ketones is 1. The van der Waals surface area contributed by atoms with Crippen LogP contribution in [0.5, 0.6) is 0 Å². The van der Waals surface area contributed by atoms with E-state index in [-0.39, 0.29) is 0 Å². The monoisotopic (exact) mass is 368 g/mol. The molecule has 0 aromatic heterocycles. The Kier molecular flexibility index (Phi) is 7.99. The Hall–Kier alpha value is -2.53. The molecule has 0 aliphatic rings. The van der Waals surface area contributed by atoms with Crippen LogP contribution in [-0.4, -0.2) is 67.5 Å². The molecule has 0 bridgehead atoms. The minimum Gasteiger partial charge on any atom is -0.481 e. The number of aliphatic carboxylic acids is 3. The number of hydrogen-bond donors (Lipinski definition) is 4. The van der Waals surface area contributed by atoms with E-state index in [0.717, 1.165) is 0 Å². The zero-order valence-corrected chi connectivity index (χ0v) is 12.7. The van der Waals surface area contributed by atoms with Gasteiger partial charge in [-0.05, 0) is 0 Å². The van der Waals surface area contributed by atoms with Crippen LogP contribution >= 0.6 is 11.6 Å². The Morgan fingerprint density at radius 1 is 0.958 bits per heavy atom. The van der Waals surface area contributed by atoms with Gasteiger partial charge in [0.25, 0.3) is 0 Å². The first-order valence-electron chi connectivity index (χ1n) is 6.15. The number of rotatable bonds is 10. The fraction of sp³-hybridized carbons (Fsp3) is 0.500. The van der Waals surface area contributed by atoms with Crippen LogP contribution in [0.25, 0.3) is 0 Å². The molecule has 0 aromatic carbocycles. The van der Waals surface area contributed by atoms with Gasteiger partial charge >= 0.3 is 29.8 Å². The van der Waals surface area contributed by atoms with E-state index in [0.29, 0.717) is 0 Å². The zero-order valence-electron chi connectivity index (χ0n) is 11.9. The van der Waals surface area contributed by atoms with Crippen molar-refractivity contribution in [2.45, 2.75) is 24.9 Å². The molecule has 0 amide bonds. The largest absolute Gasteiger partial charge is 0.481 e. The SMILES string of the molecule is O=C(O)CC(C(=O)CCl)C(=O)OC(=O)CC(O)(CC(=O)O)C(=O)O. The Balaban J connectivity index is 5.08. The first-order valence-corrected chi connectivity index (χ1v) is 6.69. The van der Waals surface area contributed by atoms with Crippen molar-refractivity contribution in [3.63, 3.8) is 0 Å². The average Bonchev–Trinajstić information content (AvgIpc) is 2.42. The van der Waals surface area contributed by atoms with E-state index in [1.807, 2.05) is 0 Å². The number of carboxylic acids is 3. The van der Waals surface area contributed by atoms with Crippen molar-refractivity contribution >= 4 is 47.2 Å². The fourth-order valence-corrected chi connectivity index (χ4v) is 1.70. The van der Waals surface area contributed by atoms with Crippen LogP contribution in [0.1, 0.15) is 19.3 Å². The van der Waals surface area contributed by atoms with Crippen molar-refractivity contribution in [2.75, 3.05) is 5.88 Å². The van der Waals surface area contributed by atoms with Gasteiger partial charge in [0.15, 0.2) is 11.4 Å². The summed E-state index contributed by atoms with van der Waals surface area (Å²) in [5.74, 6) is -12.3. The van der Waals surface area contributed by atoms with Gasteiger partial charge in [0.2, 0.25) is 0 Å². The lowest BCUT2D eigenvalue weighted by molar-refractivity contribution is -0.176. The van der Waals surface area contributed by atoms with Crippen LogP contribution in [0.15, 0.2) is 0 Å². The number of alkyl halides is 1. The quantitative estimate of drug-likeness (QED) is 0.202. The number of aliphatic hydroxyl groups is 1. The summed E-state index contributed by atoms with van der Waals surface area (Å²) in [7, 11) is 0. The maximum Gasteiger partial charge on any atom is 0.336 e. The highest BCUT2D eigenvalue weighted by atomic mass is 35.5. The third-order valence-electron chi connectivity index (χ3n) is 2.68. The van der Waals surface area contributed by atoms with Gasteiger partial charge in [-0.25, -0.2) is 4.79 Å². The van der Waals surface area contributed by atoms with Crippen molar-refractivity contribution in [3.8, 4) is 0 Å². The highest BCUT2D eigenvalue weighted by molar-refractivity contribution is 6.29. The molecule has 2 unspecified atom stereocenters. The minimum absolute atomic E-state index is 0.737. The van der Waals surface area contributed by atoms with Crippen molar-refractivity contribution in [2.24, 2.45) is 5.92 Å². The standard InChI is InChI=1S/C12H13ClO11/c13-4-6(14)5(1-7(15)16)10(20)24-9(19)3-12(23,11(21)22)2-8(17)18/h5,23H,1-4H2,(H,15,16)(H,17,18)(H,21,22). The number of carbonyl (C=O) groups excluding carboxylic acids is 3. The molecule has 11 nitrogen and oxygen atoms in total. The first kappa shape index (κ1) is 21.5. The van der Waals surface area contributed by atoms with Crippen LogP contribution in [0, 0.1) is 5.92 Å². The number of hydrogen-bond acceptors (Lipinski definition) is 8. The molecule has 2 atom stereocenters. The Labute approximate surface area is 138 Å². The molecular weight excluding hydrogens is 356 g/mol. The predicted octanol–water partition coefficient (Wildman–Crippen LogP) is -1.36. The number of esters is 2. The first-order chi connectivity index (χ1) is 10.9. The van der Waals surface area contributed by atoms with Crippen LogP contribution in [0.2, 0.25) is 0 Å². The Morgan fingerprint density at radius 2 is 1.50 bits per heavy atom. The number of ether oxygens (including phenoxy) is 1. The molecule has 4 N–H and O–H groups in total. The lowest BCUT2D eigenvalue weighted by atomic mass is 9.96. The van der Waals surface area contributed by atoms with Crippen molar-refractivity contribution in [1.82, 2.24) is 0 Å². The van der Waals surface area contributed by atoms with Crippen molar-refractivity contribution in [3.05, 3.63) is 0 Å². The second-order valence-electron chi connectivity index (χ2n) is 4.63. The molecule has 0 spiro atoms. The molecule has 0 saturated carbocycles. The Morgan fingerprint density at radius 3 is 1.88 bits per heavy atom. The van der Waals surface area contributed by atoms with Gasteiger partial charge in [0.05, 0.1) is 25.1 Å². The molecule has 0 aromatic rings. The molecule has 0 radical (unpaired) electrons. The third-order valence-corrected chi connectivity index (χ3v) is 2.94. The summed E-state index contributed by atoms with van der Waals surface area (Å²) in [5.41, 5.74) is -3.04. The molecule has 134 valence electrons. The van der Waals surface area contributed by atoms with E-state index in [2.05, 4.69) is 4.74 Å².